The molecule has 2 N–H and O–H groups in total. The molecule has 0 aliphatic carbocycles. The average molecular weight is 345 g/mol. The van der Waals surface area contributed by atoms with E-state index in [1.165, 1.54) is 12.1 Å². The van der Waals surface area contributed by atoms with Crippen molar-refractivity contribution in [2.45, 2.75) is 38.8 Å². The number of aliphatic carboxylic acids is 1. The van der Waals surface area contributed by atoms with Gasteiger partial charge in [-0.05, 0) is 26.8 Å². The fourth-order valence-corrected chi connectivity index (χ4v) is 2.02. The summed E-state index contributed by atoms with van der Waals surface area (Å²) >= 11 is 5.99. The van der Waals surface area contributed by atoms with Crippen molar-refractivity contribution in [3.63, 3.8) is 0 Å². The molecule has 0 radical (unpaired) electrons. The summed E-state index contributed by atoms with van der Waals surface area (Å²) in [6.45, 7) is 4.96. The van der Waals surface area contributed by atoms with Crippen LogP contribution in [-0.2, 0) is 9.53 Å². The van der Waals surface area contributed by atoms with Gasteiger partial charge in [-0.25, -0.2) is 4.79 Å². The number of rotatable bonds is 5. The lowest BCUT2D eigenvalue weighted by Gasteiger charge is -2.23. The van der Waals surface area contributed by atoms with Crippen molar-refractivity contribution in [1.29, 1.82) is 0 Å². The van der Waals surface area contributed by atoms with Gasteiger partial charge in [-0.1, -0.05) is 11.6 Å². The van der Waals surface area contributed by atoms with Crippen LogP contribution in [0.2, 0.25) is 5.02 Å². The number of carboxylic acids is 1. The van der Waals surface area contributed by atoms with Crippen molar-refractivity contribution in [1.82, 2.24) is 5.32 Å². The Morgan fingerprint density at radius 3 is 2.52 bits per heavy atom. The molecule has 1 aromatic rings. The Hall–Kier alpha value is -2.35. The Morgan fingerprint density at radius 2 is 2.04 bits per heavy atom. The summed E-state index contributed by atoms with van der Waals surface area (Å²) in [6.07, 6.45) is -1.34. The summed E-state index contributed by atoms with van der Waals surface area (Å²) in [5, 5.41) is 22.3. The van der Waals surface area contributed by atoms with Crippen molar-refractivity contribution in [3.8, 4) is 0 Å². The van der Waals surface area contributed by atoms with Crippen LogP contribution in [0, 0.1) is 10.1 Å². The molecule has 0 saturated heterocycles. The molecule has 0 spiro atoms. The molecule has 0 aliphatic heterocycles. The Labute approximate surface area is 137 Å². The molecule has 0 unspecified atom stereocenters. The number of carbonyl (C=O) groups is 2. The monoisotopic (exact) mass is 344 g/mol. The zero-order valence-electron chi connectivity index (χ0n) is 12.8. The van der Waals surface area contributed by atoms with Crippen molar-refractivity contribution in [3.05, 3.63) is 38.9 Å². The predicted octanol–water partition coefficient (Wildman–Crippen LogP) is 3.29. The number of alkyl carbamates (subject to hydrolysis) is 1. The molecule has 1 aromatic carbocycles. The third kappa shape index (κ3) is 6.11. The molecule has 0 saturated carbocycles. The topological polar surface area (TPSA) is 119 Å². The highest BCUT2D eigenvalue weighted by atomic mass is 35.5. The number of nitro groups is 1. The van der Waals surface area contributed by atoms with Gasteiger partial charge in [0.1, 0.15) is 5.60 Å². The third-order valence-corrected chi connectivity index (χ3v) is 2.98. The minimum absolute atomic E-state index is 0.109. The average Bonchev–Trinajstić information content (AvgIpc) is 2.35. The molecule has 0 aliphatic rings. The van der Waals surface area contributed by atoms with Crippen LogP contribution in [0.5, 0.6) is 0 Å². The fraction of sp³-hybridized carbons (Fsp3) is 0.429. The highest BCUT2D eigenvalue weighted by Crippen LogP contribution is 2.29. The van der Waals surface area contributed by atoms with Gasteiger partial charge in [0.05, 0.1) is 17.4 Å². The summed E-state index contributed by atoms with van der Waals surface area (Å²) in [6, 6.07) is 2.54. The summed E-state index contributed by atoms with van der Waals surface area (Å²) in [7, 11) is 0. The van der Waals surface area contributed by atoms with E-state index in [4.69, 9.17) is 21.4 Å². The Bertz CT molecular complexity index is 626. The van der Waals surface area contributed by atoms with E-state index in [1.807, 2.05) is 0 Å². The smallest absolute Gasteiger partial charge is 0.408 e. The van der Waals surface area contributed by atoms with Gasteiger partial charge >= 0.3 is 12.1 Å². The molecular weight excluding hydrogens is 328 g/mol. The quantitative estimate of drug-likeness (QED) is 0.624. The number of nitrogens with zero attached hydrogens (tertiary/aromatic N) is 1. The van der Waals surface area contributed by atoms with E-state index in [2.05, 4.69) is 5.32 Å². The zero-order valence-corrected chi connectivity index (χ0v) is 13.6. The van der Waals surface area contributed by atoms with Gasteiger partial charge in [0, 0.05) is 22.7 Å². The van der Waals surface area contributed by atoms with E-state index in [-0.39, 0.29) is 16.3 Å². The van der Waals surface area contributed by atoms with Crippen LogP contribution in [0.3, 0.4) is 0 Å². The highest BCUT2D eigenvalue weighted by Gasteiger charge is 2.25. The molecule has 23 heavy (non-hydrogen) atoms. The zero-order chi connectivity index (χ0) is 17.8. The van der Waals surface area contributed by atoms with E-state index in [1.54, 1.807) is 20.8 Å². The molecule has 1 amide bonds. The summed E-state index contributed by atoms with van der Waals surface area (Å²) in [4.78, 5) is 33.1. The minimum Gasteiger partial charge on any atom is -0.481 e. The number of carbonyl (C=O) groups excluding carboxylic acids is 1. The summed E-state index contributed by atoms with van der Waals surface area (Å²) in [5.74, 6) is -1.20. The van der Waals surface area contributed by atoms with E-state index in [0.717, 1.165) is 6.07 Å². The van der Waals surface area contributed by atoms with Crippen molar-refractivity contribution in [2.24, 2.45) is 0 Å². The van der Waals surface area contributed by atoms with Crippen LogP contribution in [-0.4, -0.2) is 27.7 Å². The molecule has 1 atom stereocenters. The van der Waals surface area contributed by atoms with E-state index in [9.17, 15) is 19.7 Å². The largest absolute Gasteiger partial charge is 0.481 e. The van der Waals surface area contributed by atoms with Crippen LogP contribution in [0.4, 0.5) is 10.5 Å². The standard InChI is InChI=1S/C14H17ClN2O6/c1-14(2,3)23-13(20)16-11(7-12(18)19)9-6-8(17(21)22)4-5-10(9)15/h4-6,11H,7H2,1-3H3,(H,16,20)(H,18,19)/t11-/m1/s1. The second-order valence-electron chi connectivity index (χ2n) is 5.76. The number of carboxylic acid groups (broad SMARTS) is 1. The van der Waals surface area contributed by atoms with Crippen molar-refractivity contribution < 1.29 is 24.4 Å². The number of nitrogens with one attached hydrogen (secondary N) is 1. The molecular formula is C14H17ClN2O6. The number of non-ortho nitro benzene ring substituents is 1. The normalized spacial score (nSPS) is 12.3. The second-order valence-corrected chi connectivity index (χ2v) is 6.17. The number of hydrogen-bond donors (Lipinski definition) is 2. The number of ether oxygens (including phenoxy) is 1. The first kappa shape index (κ1) is 18.7. The number of halogens is 1. The van der Waals surface area contributed by atoms with Crippen molar-refractivity contribution in [2.75, 3.05) is 0 Å². The number of hydrogen-bond acceptors (Lipinski definition) is 5. The van der Waals surface area contributed by atoms with Gasteiger partial charge in [-0.3, -0.25) is 14.9 Å². The van der Waals surface area contributed by atoms with Crippen LogP contribution >= 0.6 is 11.6 Å². The summed E-state index contributed by atoms with van der Waals surface area (Å²) in [5.41, 5.74) is -0.899. The van der Waals surface area contributed by atoms with E-state index >= 15 is 0 Å². The molecule has 8 nitrogen and oxygen atoms in total. The first-order valence-electron chi connectivity index (χ1n) is 6.65. The Morgan fingerprint density at radius 1 is 1.43 bits per heavy atom. The maximum absolute atomic E-state index is 11.9. The summed E-state index contributed by atoms with van der Waals surface area (Å²) < 4.78 is 5.07. The van der Waals surface area contributed by atoms with Gasteiger partial charge < -0.3 is 15.2 Å². The predicted molar refractivity (Wildman–Crippen MR) is 82.5 cm³/mol. The third-order valence-electron chi connectivity index (χ3n) is 2.64. The maximum atomic E-state index is 11.9. The molecule has 0 fully saturated rings. The molecule has 1 rings (SSSR count). The van der Waals surface area contributed by atoms with Crippen LogP contribution in [0.1, 0.15) is 38.8 Å². The van der Waals surface area contributed by atoms with Crippen molar-refractivity contribution >= 4 is 29.4 Å². The van der Waals surface area contributed by atoms with Gasteiger partial charge in [-0.2, -0.15) is 0 Å². The highest BCUT2D eigenvalue weighted by molar-refractivity contribution is 6.31. The maximum Gasteiger partial charge on any atom is 0.408 e. The number of benzene rings is 1. The van der Waals surface area contributed by atoms with Gasteiger partial charge in [0.2, 0.25) is 0 Å². The lowest BCUT2D eigenvalue weighted by molar-refractivity contribution is -0.384. The minimum atomic E-state index is -1.20. The van der Waals surface area contributed by atoms with Crippen LogP contribution in [0.25, 0.3) is 0 Å². The fourth-order valence-electron chi connectivity index (χ4n) is 1.77. The van der Waals surface area contributed by atoms with Crippen LogP contribution in [0.15, 0.2) is 18.2 Å². The molecule has 126 valence electrons. The Balaban J connectivity index is 3.11. The van der Waals surface area contributed by atoms with Gasteiger partial charge in [0.15, 0.2) is 0 Å². The van der Waals surface area contributed by atoms with Gasteiger partial charge in [-0.15, -0.1) is 0 Å². The Kier molecular flexibility index (Phi) is 5.91. The molecule has 9 heteroatoms. The van der Waals surface area contributed by atoms with E-state index < -0.39 is 35.0 Å². The van der Waals surface area contributed by atoms with E-state index in [0.29, 0.717) is 0 Å². The number of nitro benzene ring substituents is 1. The molecule has 0 bridgehead atoms. The second kappa shape index (κ2) is 7.28. The lowest BCUT2D eigenvalue weighted by Crippen LogP contribution is -2.36. The van der Waals surface area contributed by atoms with Gasteiger partial charge in [0.25, 0.3) is 5.69 Å². The molecule has 0 aromatic heterocycles. The van der Waals surface area contributed by atoms with Crippen LogP contribution < -0.4 is 5.32 Å². The lowest BCUT2D eigenvalue weighted by atomic mass is 10.0. The first-order valence-corrected chi connectivity index (χ1v) is 7.02. The first-order chi connectivity index (χ1) is 10.5. The number of amides is 1. The molecule has 0 heterocycles. The SMILES string of the molecule is CC(C)(C)OC(=O)N[C@H](CC(=O)O)c1cc([N+](=O)[O-])ccc1Cl.